The van der Waals surface area contributed by atoms with Crippen LogP contribution >= 0.6 is 0 Å². The lowest BCUT2D eigenvalue weighted by atomic mass is 10.1. The zero-order valence-corrected chi connectivity index (χ0v) is 13.7. The normalized spacial score (nSPS) is 12.1. The monoisotopic (exact) mass is 321 g/mol. The highest BCUT2D eigenvalue weighted by molar-refractivity contribution is 5.77. The van der Waals surface area contributed by atoms with Crippen LogP contribution in [0.1, 0.15) is 16.7 Å². The fourth-order valence-corrected chi connectivity index (χ4v) is 2.61. The molecule has 0 saturated heterocycles. The summed E-state index contributed by atoms with van der Waals surface area (Å²) in [7, 11) is 0. The SMILES string of the molecule is Cc1cc2ncn(CC(O)COc3ccccc3C#N)c2cc1C. The Morgan fingerprint density at radius 3 is 2.79 bits per heavy atom. The highest BCUT2D eigenvalue weighted by atomic mass is 16.5. The fourth-order valence-electron chi connectivity index (χ4n) is 2.61. The molecule has 5 nitrogen and oxygen atoms in total. The lowest BCUT2D eigenvalue weighted by Gasteiger charge is -2.14. The summed E-state index contributed by atoms with van der Waals surface area (Å²) < 4.78 is 7.51. The maximum Gasteiger partial charge on any atom is 0.137 e. The number of imidazole rings is 1. The lowest BCUT2D eigenvalue weighted by Crippen LogP contribution is -2.23. The van der Waals surface area contributed by atoms with E-state index in [0.29, 0.717) is 17.9 Å². The third-order valence-electron chi connectivity index (χ3n) is 4.08. The zero-order chi connectivity index (χ0) is 17.1. The van der Waals surface area contributed by atoms with Crippen molar-refractivity contribution in [2.24, 2.45) is 0 Å². The van der Waals surface area contributed by atoms with Gasteiger partial charge in [0.05, 0.1) is 29.5 Å². The van der Waals surface area contributed by atoms with Crippen LogP contribution in [-0.4, -0.2) is 27.4 Å². The third kappa shape index (κ3) is 3.24. The number of benzene rings is 2. The van der Waals surface area contributed by atoms with Crippen LogP contribution in [0.25, 0.3) is 11.0 Å². The average molecular weight is 321 g/mol. The van der Waals surface area contributed by atoms with Gasteiger partial charge in [0.25, 0.3) is 0 Å². The van der Waals surface area contributed by atoms with Crippen LogP contribution in [0.15, 0.2) is 42.7 Å². The molecule has 24 heavy (non-hydrogen) atoms. The molecule has 0 aliphatic heterocycles. The molecule has 0 saturated carbocycles. The molecule has 1 unspecified atom stereocenters. The molecule has 2 aromatic carbocycles. The summed E-state index contributed by atoms with van der Waals surface area (Å²) in [6, 6.07) is 13.2. The molecule has 3 rings (SSSR count). The average Bonchev–Trinajstić information content (AvgIpc) is 2.95. The minimum Gasteiger partial charge on any atom is -0.489 e. The molecular weight excluding hydrogens is 302 g/mol. The summed E-state index contributed by atoms with van der Waals surface area (Å²) in [5.41, 5.74) is 4.77. The van der Waals surface area contributed by atoms with Gasteiger partial charge in [-0.05, 0) is 49.2 Å². The van der Waals surface area contributed by atoms with E-state index in [1.54, 1.807) is 30.6 Å². The Bertz CT molecular complexity index is 909. The molecule has 5 heteroatoms. The predicted octanol–water partition coefficient (Wildman–Crippen LogP) is 2.96. The number of aliphatic hydroxyl groups is 1. The molecule has 1 aromatic heterocycles. The van der Waals surface area contributed by atoms with E-state index in [1.807, 2.05) is 10.6 Å². The van der Waals surface area contributed by atoms with Gasteiger partial charge in [-0.2, -0.15) is 5.26 Å². The van der Waals surface area contributed by atoms with Gasteiger partial charge in [-0.3, -0.25) is 0 Å². The zero-order valence-electron chi connectivity index (χ0n) is 13.7. The smallest absolute Gasteiger partial charge is 0.137 e. The van der Waals surface area contributed by atoms with Crippen molar-refractivity contribution >= 4 is 11.0 Å². The topological polar surface area (TPSA) is 71.1 Å². The fraction of sp³-hybridized carbons (Fsp3) is 0.263. The van der Waals surface area contributed by atoms with Gasteiger partial charge < -0.3 is 14.4 Å². The Labute approximate surface area is 140 Å². The van der Waals surface area contributed by atoms with E-state index < -0.39 is 6.10 Å². The van der Waals surface area contributed by atoms with Crippen molar-refractivity contribution in [2.75, 3.05) is 6.61 Å². The largest absolute Gasteiger partial charge is 0.489 e. The number of rotatable bonds is 5. The molecule has 0 fully saturated rings. The Morgan fingerprint density at radius 1 is 1.25 bits per heavy atom. The predicted molar refractivity (Wildman–Crippen MR) is 91.9 cm³/mol. The first-order valence-corrected chi connectivity index (χ1v) is 7.80. The number of para-hydroxylation sites is 1. The first-order valence-electron chi connectivity index (χ1n) is 7.80. The van der Waals surface area contributed by atoms with Crippen molar-refractivity contribution in [3.05, 3.63) is 59.4 Å². The van der Waals surface area contributed by atoms with Crippen molar-refractivity contribution < 1.29 is 9.84 Å². The molecule has 1 heterocycles. The van der Waals surface area contributed by atoms with E-state index in [-0.39, 0.29) is 6.61 Å². The molecular formula is C19H19N3O2. The summed E-state index contributed by atoms with van der Waals surface area (Å²) >= 11 is 0. The highest BCUT2D eigenvalue weighted by Gasteiger charge is 2.11. The number of hydrogen-bond acceptors (Lipinski definition) is 4. The summed E-state index contributed by atoms with van der Waals surface area (Å²) in [5, 5.41) is 19.3. The Hall–Kier alpha value is -2.84. The number of nitrogens with zero attached hydrogens (tertiary/aromatic N) is 3. The van der Waals surface area contributed by atoms with Gasteiger partial charge in [-0.15, -0.1) is 0 Å². The van der Waals surface area contributed by atoms with Crippen LogP contribution in [0.5, 0.6) is 5.75 Å². The van der Waals surface area contributed by atoms with Crippen LogP contribution in [0.3, 0.4) is 0 Å². The number of aliphatic hydroxyl groups excluding tert-OH is 1. The van der Waals surface area contributed by atoms with Crippen LogP contribution < -0.4 is 4.74 Å². The summed E-state index contributed by atoms with van der Waals surface area (Å²) in [6.07, 6.45) is 1.03. The quantitative estimate of drug-likeness (QED) is 0.784. The van der Waals surface area contributed by atoms with Crippen molar-refractivity contribution in [1.82, 2.24) is 9.55 Å². The molecule has 0 aliphatic rings. The molecule has 0 bridgehead atoms. The molecule has 0 amide bonds. The van der Waals surface area contributed by atoms with Crippen LogP contribution in [-0.2, 0) is 6.54 Å². The Morgan fingerprint density at radius 2 is 2.00 bits per heavy atom. The summed E-state index contributed by atoms with van der Waals surface area (Å²) in [4.78, 5) is 4.39. The number of ether oxygens (including phenoxy) is 1. The minimum absolute atomic E-state index is 0.114. The van der Waals surface area contributed by atoms with Gasteiger partial charge in [0.1, 0.15) is 24.5 Å². The van der Waals surface area contributed by atoms with Gasteiger partial charge >= 0.3 is 0 Å². The Kier molecular flexibility index (Phi) is 4.50. The van der Waals surface area contributed by atoms with Crippen LogP contribution in [0, 0.1) is 25.2 Å². The van der Waals surface area contributed by atoms with Crippen molar-refractivity contribution in [3.63, 3.8) is 0 Å². The maximum absolute atomic E-state index is 10.3. The number of aryl methyl sites for hydroxylation is 2. The van der Waals surface area contributed by atoms with E-state index in [2.05, 4.69) is 31.0 Å². The first kappa shape index (κ1) is 16.0. The first-order chi connectivity index (χ1) is 11.6. The molecule has 0 spiro atoms. The minimum atomic E-state index is -0.698. The maximum atomic E-state index is 10.3. The summed E-state index contributed by atoms with van der Waals surface area (Å²) in [5.74, 6) is 0.487. The van der Waals surface area contributed by atoms with E-state index in [9.17, 15) is 5.11 Å². The van der Waals surface area contributed by atoms with Crippen molar-refractivity contribution in [1.29, 1.82) is 5.26 Å². The molecule has 122 valence electrons. The second-order valence-electron chi connectivity index (χ2n) is 5.89. The van der Waals surface area contributed by atoms with Crippen molar-refractivity contribution in [2.45, 2.75) is 26.5 Å². The van der Waals surface area contributed by atoms with Crippen LogP contribution in [0.2, 0.25) is 0 Å². The second kappa shape index (κ2) is 6.73. The highest BCUT2D eigenvalue weighted by Crippen LogP contribution is 2.19. The van der Waals surface area contributed by atoms with E-state index in [0.717, 1.165) is 11.0 Å². The third-order valence-corrected chi connectivity index (χ3v) is 4.08. The number of hydrogen-bond donors (Lipinski definition) is 1. The number of nitriles is 1. The van der Waals surface area contributed by atoms with E-state index >= 15 is 0 Å². The molecule has 1 atom stereocenters. The number of fused-ring (bicyclic) bond motifs is 1. The Balaban J connectivity index is 1.70. The van der Waals surface area contributed by atoms with Gasteiger partial charge in [-0.25, -0.2) is 4.98 Å². The lowest BCUT2D eigenvalue weighted by molar-refractivity contribution is 0.0933. The van der Waals surface area contributed by atoms with Gasteiger partial charge in [0.2, 0.25) is 0 Å². The number of aromatic nitrogens is 2. The second-order valence-corrected chi connectivity index (χ2v) is 5.89. The van der Waals surface area contributed by atoms with E-state index in [4.69, 9.17) is 10.00 Å². The van der Waals surface area contributed by atoms with Gasteiger partial charge in [0.15, 0.2) is 0 Å². The summed E-state index contributed by atoms with van der Waals surface area (Å²) in [6.45, 7) is 4.62. The van der Waals surface area contributed by atoms with Crippen molar-refractivity contribution in [3.8, 4) is 11.8 Å². The molecule has 0 radical (unpaired) electrons. The van der Waals surface area contributed by atoms with Gasteiger partial charge in [0, 0.05) is 0 Å². The molecule has 3 aromatic rings. The molecule has 0 aliphatic carbocycles. The van der Waals surface area contributed by atoms with Crippen LogP contribution in [0.4, 0.5) is 0 Å². The molecule has 1 N–H and O–H groups in total. The standard InChI is InChI=1S/C19H19N3O2/c1-13-7-17-18(8-14(13)2)22(12-21-17)10-16(23)11-24-19-6-4-3-5-15(19)9-20/h3-8,12,16,23H,10-11H2,1-2H3. The van der Waals surface area contributed by atoms with Gasteiger partial charge in [-0.1, -0.05) is 12.1 Å². The van der Waals surface area contributed by atoms with E-state index in [1.165, 1.54) is 11.1 Å².